The Morgan fingerprint density at radius 3 is 2.52 bits per heavy atom. The second kappa shape index (κ2) is 7.48. The van der Waals surface area contributed by atoms with Crippen molar-refractivity contribution < 1.29 is 9.47 Å². The molecule has 0 atom stereocenters. The number of alkyl halides is 1. The van der Waals surface area contributed by atoms with E-state index in [4.69, 9.17) is 14.7 Å². The first-order valence-corrected chi connectivity index (χ1v) is 8.13. The van der Waals surface area contributed by atoms with Crippen LogP contribution in [0.3, 0.4) is 0 Å². The Morgan fingerprint density at radius 2 is 1.86 bits per heavy atom. The third kappa shape index (κ3) is 3.99. The molecule has 0 radical (unpaired) electrons. The topological polar surface area (TPSA) is 42.2 Å². The lowest BCUT2D eigenvalue weighted by Gasteiger charge is -2.13. The molecule has 2 aromatic carbocycles. The van der Waals surface area contributed by atoms with E-state index in [0.29, 0.717) is 23.2 Å². The van der Waals surface area contributed by atoms with Gasteiger partial charge in [-0.1, -0.05) is 31.9 Å². The molecule has 0 aliphatic rings. The van der Waals surface area contributed by atoms with Crippen LogP contribution < -0.4 is 9.47 Å². The van der Waals surface area contributed by atoms with Crippen LogP contribution >= 0.6 is 31.9 Å². The quantitative estimate of drug-likeness (QED) is 0.664. The van der Waals surface area contributed by atoms with Crippen molar-refractivity contribution in [3.05, 3.63) is 57.6 Å². The van der Waals surface area contributed by atoms with Crippen LogP contribution in [-0.4, -0.2) is 7.11 Å². The van der Waals surface area contributed by atoms with Crippen LogP contribution in [0.5, 0.6) is 11.5 Å². The van der Waals surface area contributed by atoms with Gasteiger partial charge >= 0.3 is 0 Å². The summed E-state index contributed by atoms with van der Waals surface area (Å²) in [4.78, 5) is 0. The summed E-state index contributed by atoms with van der Waals surface area (Å²) in [5.41, 5.74) is 2.49. The number of hydrogen-bond acceptors (Lipinski definition) is 3. The standard InChI is InChI=1S/C16H13Br2NO2/c1-20-15-4-2-11(9-19)6-13(15)10-21-16-5-3-14(18)7-12(16)8-17/h2-7H,8,10H2,1H3. The summed E-state index contributed by atoms with van der Waals surface area (Å²) in [6, 6.07) is 13.3. The van der Waals surface area contributed by atoms with E-state index in [-0.39, 0.29) is 0 Å². The van der Waals surface area contributed by atoms with Gasteiger partial charge in [0.15, 0.2) is 0 Å². The number of rotatable bonds is 5. The van der Waals surface area contributed by atoms with Gasteiger partial charge in [0.05, 0.1) is 18.7 Å². The molecule has 0 unspecified atom stereocenters. The monoisotopic (exact) mass is 409 g/mol. The van der Waals surface area contributed by atoms with Gasteiger partial charge in [0.25, 0.3) is 0 Å². The van der Waals surface area contributed by atoms with E-state index < -0.39 is 0 Å². The first-order valence-electron chi connectivity index (χ1n) is 6.22. The van der Waals surface area contributed by atoms with Crippen molar-refractivity contribution in [2.45, 2.75) is 11.9 Å². The van der Waals surface area contributed by atoms with Crippen molar-refractivity contribution in [1.29, 1.82) is 5.26 Å². The lowest BCUT2D eigenvalue weighted by Crippen LogP contribution is -2.01. The molecular weight excluding hydrogens is 398 g/mol. The van der Waals surface area contributed by atoms with Gasteiger partial charge in [-0.2, -0.15) is 5.26 Å². The highest BCUT2D eigenvalue weighted by atomic mass is 79.9. The molecule has 0 saturated heterocycles. The van der Waals surface area contributed by atoms with Crippen LogP contribution in [0.25, 0.3) is 0 Å². The summed E-state index contributed by atoms with van der Waals surface area (Å²) in [6.45, 7) is 0.348. The maximum absolute atomic E-state index is 8.98. The fourth-order valence-electron chi connectivity index (χ4n) is 1.91. The van der Waals surface area contributed by atoms with Crippen LogP contribution in [0, 0.1) is 11.3 Å². The molecule has 2 aromatic rings. The van der Waals surface area contributed by atoms with E-state index in [2.05, 4.69) is 37.9 Å². The van der Waals surface area contributed by atoms with Crippen LogP contribution in [0.2, 0.25) is 0 Å². The maximum Gasteiger partial charge on any atom is 0.125 e. The Bertz CT molecular complexity index is 680. The molecule has 108 valence electrons. The highest BCUT2D eigenvalue weighted by molar-refractivity contribution is 9.10. The number of benzene rings is 2. The average Bonchev–Trinajstić information content (AvgIpc) is 2.53. The molecular formula is C16H13Br2NO2. The SMILES string of the molecule is COc1ccc(C#N)cc1COc1ccc(Br)cc1CBr. The molecule has 21 heavy (non-hydrogen) atoms. The number of methoxy groups -OCH3 is 1. The Balaban J connectivity index is 2.22. The number of nitriles is 1. The van der Waals surface area contributed by atoms with E-state index in [9.17, 15) is 0 Å². The number of hydrogen-bond donors (Lipinski definition) is 0. The molecule has 0 bridgehead atoms. The lowest BCUT2D eigenvalue weighted by molar-refractivity contribution is 0.294. The van der Waals surface area contributed by atoms with Gasteiger partial charge in [-0.25, -0.2) is 0 Å². The minimum Gasteiger partial charge on any atom is -0.496 e. The fourth-order valence-corrected chi connectivity index (χ4v) is 2.76. The molecule has 0 aliphatic heterocycles. The second-order valence-corrected chi connectivity index (χ2v) is 5.79. The summed E-state index contributed by atoms with van der Waals surface area (Å²) in [6.07, 6.45) is 0. The molecule has 0 aliphatic carbocycles. The molecule has 5 heteroatoms. The fraction of sp³-hybridized carbons (Fsp3) is 0.188. The first-order chi connectivity index (χ1) is 10.2. The van der Waals surface area contributed by atoms with Crippen molar-refractivity contribution in [2.24, 2.45) is 0 Å². The summed E-state index contributed by atoms with van der Waals surface area (Å²) < 4.78 is 12.2. The van der Waals surface area contributed by atoms with Gasteiger partial charge in [-0.3, -0.25) is 0 Å². The minimum absolute atomic E-state index is 0.348. The van der Waals surface area contributed by atoms with Crippen molar-refractivity contribution in [1.82, 2.24) is 0 Å². The maximum atomic E-state index is 8.98. The van der Waals surface area contributed by atoms with Crippen molar-refractivity contribution >= 4 is 31.9 Å². The van der Waals surface area contributed by atoms with E-state index in [1.54, 1.807) is 25.3 Å². The lowest BCUT2D eigenvalue weighted by atomic mass is 10.1. The molecule has 3 nitrogen and oxygen atoms in total. The van der Waals surface area contributed by atoms with Gasteiger partial charge in [-0.15, -0.1) is 0 Å². The van der Waals surface area contributed by atoms with Crippen LogP contribution in [0.1, 0.15) is 16.7 Å². The summed E-state index contributed by atoms with van der Waals surface area (Å²) in [7, 11) is 1.61. The Morgan fingerprint density at radius 1 is 1.10 bits per heavy atom. The molecule has 0 fully saturated rings. The van der Waals surface area contributed by atoms with Crippen molar-refractivity contribution in [2.75, 3.05) is 7.11 Å². The molecule has 0 N–H and O–H groups in total. The van der Waals surface area contributed by atoms with Crippen molar-refractivity contribution in [3.63, 3.8) is 0 Å². The van der Waals surface area contributed by atoms with Gasteiger partial charge in [-0.05, 0) is 36.4 Å². The zero-order valence-corrected chi connectivity index (χ0v) is 14.6. The molecule has 0 saturated carbocycles. The highest BCUT2D eigenvalue weighted by Crippen LogP contribution is 2.27. The van der Waals surface area contributed by atoms with E-state index in [1.165, 1.54) is 0 Å². The molecule has 0 amide bonds. The normalized spacial score (nSPS) is 10.0. The van der Waals surface area contributed by atoms with Crippen molar-refractivity contribution in [3.8, 4) is 17.6 Å². The van der Waals surface area contributed by atoms with E-state index in [1.807, 2.05) is 18.2 Å². The van der Waals surface area contributed by atoms with E-state index in [0.717, 1.165) is 21.3 Å². The Hall–Kier alpha value is -1.51. The minimum atomic E-state index is 0.348. The summed E-state index contributed by atoms with van der Waals surface area (Å²) >= 11 is 6.89. The Labute approximate surface area is 140 Å². The molecule has 2 rings (SSSR count). The van der Waals surface area contributed by atoms with Crippen LogP contribution in [0.15, 0.2) is 40.9 Å². The average molecular weight is 411 g/mol. The van der Waals surface area contributed by atoms with Gasteiger partial charge in [0.2, 0.25) is 0 Å². The van der Waals surface area contributed by atoms with Gasteiger partial charge in [0.1, 0.15) is 18.1 Å². The first kappa shape index (κ1) is 15.9. The zero-order valence-electron chi connectivity index (χ0n) is 11.4. The number of halogens is 2. The van der Waals surface area contributed by atoms with Crippen LogP contribution in [0.4, 0.5) is 0 Å². The zero-order chi connectivity index (χ0) is 15.2. The molecule has 0 spiro atoms. The largest absolute Gasteiger partial charge is 0.496 e. The van der Waals surface area contributed by atoms with Gasteiger partial charge < -0.3 is 9.47 Å². The second-order valence-electron chi connectivity index (χ2n) is 4.31. The molecule has 0 aromatic heterocycles. The summed E-state index contributed by atoms with van der Waals surface area (Å²) in [5, 5.41) is 9.69. The third-order valence-corrected chi connectivity index (χ3v) is 4.06. The van der Waals surface area contributed by atoms with Gasteiger partial charge in [0, 0.05) is 20.9 Å². The number of nitrogens with zero attached hydrogens (tertiary/aromatic N) is 1. The smallest absolute Gasteiger partial charge is 0.125 e. The van der Waals surface area contributed by atoms with E-state index >= 15 is 0 Å². The predicted molar refractivity (Wildman–Crippen MR) is 88.8 cm³/mol. The summed E-state index contributed by atoms with van der Waals surface area (Å²) in [5.74, 6) is 1.52. The predicted octanol–water partition coefficient (Wildman–Crippen LogP) is 4.80. The number of ether oxygens (including phenoxy) is 2. The highest BCUT2D eigenvalue weighted by Gasteiger charge is 2.08. The molecule has 0 heterocycles. The third-order valence-electron chi connectivity index (χ3n) is 2.96. The Kier molecular flexibility index (Phi) is 5.66. The van der Waals surface area contributed by atoms with Crippen LogP contribution in [-0.2, 0) is 11.9 Å².